The van der Waals surface area contributed by atoms with Gasteiger partial charge in [0.15, 0.2) is 0 Å². The molecule has 0 atom stereocenters. The van der Waals surface area contributed by atoms with Gasteiger partial charge in [-0.05, 0) is 93.2 Å². The second kappa shape index (κ2) is 9.75. The van der Waals surface area contributed by atoms with Gasteiger partial charge in [0.05, 0.1) is 5.69 Å². The van der Waals surface area contributed by atoms with Crippen LogP contribution in [0.2, 0.25) is 0 Å². The minimum absolute atomic E-state index is 0.124. The van der Waals surface area contributed by atoms with Gasteiger partial charge in [0.1, 0.15) is 0 Å². The zero-order chi connectivity index (χ0) is 32.4. The molecular weight excluding hydrogens is 611 g/mol. The zero-order valence-electron chi connectivity index (χ0n) is 27.3. The van der Waals surface area contributed by atoms with Crippen molar-refractivity contribution >= 4 is 88.7 Å². The summed E-state index contributed by atoms with van der Waals surface area (Å²) in [5.41, 5.74) is 16.8. The standard InChI is InChI=1S/C45H31BN2S/c1-45(2)33-16-5-3-13-29(33)31-15-11-21-38(43(31)45)48-37-20-9-7-18-35(37)46-34-17-6-8-19-36(34)47(39-22-12-23-40(48)44(39)46)28-25-26-42-32(27-28)30-14-4-10-24-41(30)49-42/h3-27H,1-2H3. The number of rotatable bonds is 2. The summed E-state index contributed by atoms with van der Waals surface area (Å²) in [5, 5.41) is 2.64. The van der Waals surface area contributed by atoms with E-state index in [4.69, 9.17) is 0 Å². The molecule has 4 heteroatoms. The molecule has 230 valence electrons. The summed E-state index contributed by atoms with van der Waals surface area (Å²) in [6.45, 7) is 4.91. The van der Waals surface area contributed by atoms with Crippen LogP contribution in [0.3, 0.4) is 0 Å². The van der Waals surface area contributed by atoms with Crippen LogP contribution in [-0.4, -0.2) is 6.71 Å². The highest BCUT2D eigenvalue weighted by molar-refractivity contribution is 7.25. The summed E-state index contributed by atoms with van der Waals surface area (Å²) in [6.07, 6.45) is 0. The molecule has 7 aromatic carbocycles. The van der Waals surface area contributed by atoms with E-state index in [0.717, 1.165) is 0 Å². The summed E-state index contributed by atoms with van der Waals surface area (Å²) in [5.74, 6) is 0. The van der Waals surface area contributed by atoms with Crippen molar-refractivity contribution in [2.24, 2.45) is 0 Å². The van der Waals surface area contributed by atoms with E-state index in [2.05, 4.69) is 175 Å². The van der Waals surface area contributed by atoms with E-state index >= 15 is 0 Å². The first-order valence-electron chi connectivity index (χ1n) is 17.2. The molecule has 3 heterocycles. The van der Waals surface area contributed by atoms with E-state index in [-0.39, 0.29) is 12.1 Å². The Kier molecular flexibility index (Phi) is 5.45. The van der Waals surface area contributed by atoms with Crippen LogP contribution in [0.15, 0.2) is 152 Å². The van der Waals surface area contributed by atoms with Crippen LogP contribution >= 0.6 is 11.3 Å². The van der Waals surface area contributed by atoms with Gasteiger partial charge in [-0.2, -0.15) is 0 Å². The SMILES string of the molecule is CC1(C)c2ccccc2-c2cccc(N3c4ccccc4B4c5ccccc5N(c5ccc6sc7ccccc7c6c5)c5cccc3c54)c21. The van der Waals surface area contributed by atoms with Gasteiger partial charge in [-0.3, -0.25) is 0 Å². The molecular formula is C45H31BN2S. The molecule has 2 aliphatic heterocycles. The van der Waals surface area contributed by atoms with Gasteiger partial charge in [-0.1, -0.05) is 111 Å². The van der Waals surface area contributed by atoms with Crippen LogP contribution in [0.5, 0.6) is 0 Å². The number of nitrogens with zero attached hydrogens (tertiary/aromatic N) is 2. The third-order valence-electron chi connectivity index (χ3n) is 11.2. The number of benzene rings is 7. The minimum atomic E-state index is -0.138. The summed E-state index contributed by atoms with van der Waals surface area (Å²) in [6, 6.07) is 56.8. The fraction of sp³-hybridized carbons (Fsp3) is 0.0667. The second-order valence-corrected chi connectivity index (χ2v) is 15.2. The van der Waals surface area contributed by atoms with Crippen molar-refractivity contribution in [1.29, 1.82) is 0 Å². The molecule has 0 radical (unpaired) electrons. The average molecular weight is 643 g/mol. The fourth-order valence-electron chi connectivity index (χ4n) is 9.23. The van der Waals surface area contributed by atoms with Crippen LogP contribution in [0.4, 0.5) is 34.1 Å². The molecule has 0 bridgehead atoms. The maximum atomic E-state index is 2.57. The predicted molar refractivity (Wildman–Crippen MR) is 211 cm³/mol. The Morgan fingerprint density at radius 1 is 0.490 bits per heavy atom. The van der Waals surface area contributed by atoms with Crippen molar-refractivity contribution in [3.8, 4) is 11.1 Å². The van der Waals surface area contributed by atoms with Crippen molar-refractivity contribution in [2.45, 2.75) is 19.3 Å². The first-order chi connectivity index (χ1) is 24.1. The van der Waals surface area contributed by atoms with E-state index < -0.39 is 0 Å². The first kappa shape index (κ1) is 27.4. The van der Waals surface area contributed by atoms with E-state index in [9.17, 15) is 0 Å². The second-order valence-electron chi connectivity index (χ2n) is 14.1. The molecule has 11 rings (SSSR count). The van der Waals surface area contributed by atoms with Gasteiger partial charge in [-0.15, -0.1) is 11.3 Å². The summed E-state index contributed by atoms with van der Waals surface area (Å²) >= 11 is 1.87. The van der Waals surface area contributed by atoms with Gasteiger partial charge < -0.3 is 9.80 Å². The van der Waals surface area contributed by atoms with Crippen LogP contribution in [0.25, 0.3) is 31.3 Å². The normalized spacial score (nSPS) is 14.8. The number of hydrogen-bond acceptors (Lipinski definition) is 3. The topological polar surface area (TPSA) is 6.48 Å². The Balaban J connectivity index is 1.19. The van der Waals surface area contributed by atoms with Crippen LogP contribution in [-0.2, 0) is 5.41 Å². The molecule has 0 spiro atoms. The molecule has 0 amide bonds. The number of thiophene rings is 1. The maximum Gasteiger partial charge on any atom is 0.252 e. The minimum Gasteiger partial charge on any atom is -0.311 e. The van der Waals surface area contributed by atoms with Crippen LogP contribution in [0.1, 0.15) is 25.0 Å². The highest BCUT2D eigenvalue weighted by atomic mass is 32.1. The third-order valence-corrected chi connectivity index (χ3v) is 12.4. The predicted octanol–water partition coefficient (Wildman–Crippen LogP) is 10.4. The number of hydrogen-bond donors (Lipinski definition) is 0. The lowest BCUT2D eigenvalue weighted by atomic mass is 9.33. The number of para-hydroxylation sites is 2. The molecule has 0 saturated heterocycles. The van der Waals surface area contributed by atoms with Crippen LogP contribution < -0.4 is 26.2 Å². The van der Waals surface area contributed by atoms with Crippen LogP contribution in [0, 0.1) is 0 Å². The van der Waals surface area contributed by atoms with Gasteiger partial charge in [-0.25, -0.2) is 0 Å². The monoisotopic (exact) mass is 642 g/mol. The van der Waals surface area contributed by atoms with Gasteiger partial charge in [0.2, 0.25) is 0 Å². The highest BCUT2D eigenvalue weighted by Crippen LogP contribution is 2.55. The Morgan fingerprint density at radius 2 is 1.08 bits per heavy atom. The first-order valence-corrected chi connectivity index (χ1v) is 18.0. The number of fused-ring (bicyclic) bond motifs is 10. The summed E-state index contributed by atoms with van der Waals surface area (Å²) < 4.78 is 2.66. The molecule has 2 nitrogen and oxygen atoms in total. The molecule has 3 aliphatic rings. The summed E-state index contributed by atoms with van der Waals surface area (Å²) in [7, 11) is 0. The Hall–Kier alpha value is -5.58. The molecule has 1 aromatic heterocycles. The van der Waals surface area contributed by atoms with E-state index in [1.165, 1.54) is 92.9 Å². The van der Waals surface area contributed by atoms with E-state index in [1.807, 2.05) is 11.3 Å². The molecule has 8 aromatic rings. The quantitative estimate of drug-likeness (QED) is 0.173. The van der Waals surface area contributed by atoms with Gasteiger partial charge in [0, 0.05) is 54.0 Å². The third kappa shape index (κ3) is 3.57. The average Bonchev–Trinajstić information content (AvgIpc) is 3.63. The van der Waals surface area contributed by atoms with Crippen molar-refractivity contribution in [3.05, 3.63) is 163 Å². The highest BCUT2D eigenvalue weighted by Gasteiger charge is 2.45. The Morgan fingerprint density at radius 3 is 1.92 bits per heavy atom. The lowest BCUT2D eigenvalue weighted by Gasteiger charge is -2.44. The largest absolute Gasteiger partial charge is 0.311 e. The van der Waals surface area contributed by atoms with E-state index in [1.54, 1.807) is 0 Å². The van der Waals surface area contributed by atoms with Crippen molar-refractivity contribution in [2.75, 3.05) is 9.80 Å². The zero-order valence-corrected chi connectivity index (χ0v) is 28.1. The van der Waals surface area contributed by atoms with Crippen molar-refractivity contribution < 1.29 is 0 Å². The smallest absolute Gasteiger partial charge is 0.252 e. The summed E-state index contributed by atoms with van der Waals surface area (Å²) in [4.78, 5) is 5.08. The molecule has 0 N–H and O–H groups in total. The fourth-order valence-corrected chi connectivity index (χ4v) is 10.3. The Bertz CT molecular complexity index is 2690. The lowest BCUT2D eigenvalue weighted by Crippen LogP contribution is -2.61. The lowest BCUT2D eigenvalue weighted by molar-refractivity contribution is 0.661. The maximum absolute atomic E-state index is 2.57. The Labute approximate surface area is 290 Å². The van der Waals surface area contributed by atoms with Gasteiger partial charge in [0.25, 0.3) is 6.71 Å². The molecule has 0 unspecified atom stereocenters. The molecule has 0 saturated carbocycles. The molecule has 0 fully saturated rings. The van der Waals surface area contributed by atoms with Gasteiger partial charge >= 0.3 is 0 Å². The van der Waals surface area contributed by atoms with Crippen molar-refractivity contribution in [3.63, 3.8) is 0 Å². The van der Waals surface area contributed by atoms with E-state index in [0.29, 0.717) is 0 Å². The van der Waals surface area contributed by atoms with Crippen molar-refractivity contribution in [1.82, 2.24) is 0 Å². The molecule has 1 aliphatic carbocycles. The number of anilines is 6. The molecule has 49 heavy (non-hydrogen) atoms.